The number of fused-ring (bicyclic) bond motifs is 2. The van der Waals surface area contributed by atoms with E-state index >= 15 is 0 Å². The van der Waals surface area contributed by atoms with E-state index < -0.39 is 0 Å². The van der Waals surface area contributed by atoms with Gasteiger partial charge in [0, 0.05) is 11.8 Å². The minimum atomic E-state index is 0.270. The third-order valence-electron chi connectivity index (χ3n) is 4.79. The third-order valence-corrected chi connectivity index (χ3v) is 5.53. The molecule has 0 saturated heterocycles. The SMILES string of the molecule is Clc1ccc(CO/N=C/c2c(-c3ccc4ccccc4c3)nc3occn23)cc1Cl. The molecule has 148 valence electrons. The Bertz CT molecular complexity index is 1390. The molecule has 0 amide bonds. The molecule has 5 rings (SSSR count). The zero-order chi connectivity index (χ0) is 20.5. The molecule has 0 bridgehead atoms. The smallest absolute Gasteiger partial charge is 0.306 e. The van der Waals surface area contributed by atoms with Gasteiger partial charge in [-0.25, -0.2) is 0 Å². The summed E-state index contributed by atoms with van der Waals surface area (Å²) in [5.41, 5.74) is 3.38. The van der Waals surface area contributed by atoms with Gasteiger partial charge in [0.15, 0.2) is 0 Å². The lowest BCUT2D eigenvalue weighted by Crippen LogP contribution is -1.93. The van der Waals surface area contributed by atoms with Gasteiger partial charge in [-0.15, -0.1) is 0 Å². The maximum absolute atomic E-state index is 6.04. The van der Waals surface area contributed by atoms with Crippen LogP contribution in [0.2, 0.25) is 10.0 Å². The molecule has 2 heterocycles. The van der Waals surface area contributed by atoms with Gasteiger partial charge in [0.05, 0.1) is 22.0 Å². The van der Waals surface area contributed by atoms with Gasteiger partial charge in [-0.3, -0.25) is 4.40 Å². The quantitative estimate of drug-likeness (QED) is 0.230. The predicted molar refractivity (Wildman–Crippen MR) is 119 cm³/mol. The zero-order valence-corrected chi connectivity index (χ0v) is 17.1. The van der Waals surface area contributed by atoms with Crippen LogP contribution in [0, 0.1) is 0 Å². The van der Waals surface area contributed by atoms with Crippen LogP contribution in [0.4, 0.5) is 0 Å². The van der Waals surface area contributed by atoms with Gasteiger partial charge < -0.3 is 9.25 Å². The van der Waals surface area contributed by atoms with Gasteiger partial charge in [0.25, 0.3) is 0 Å². The summed E-state index contributed by atoms with van der Waals surface area (Å²) in [7, 11) is 0. The monoisotopic (exact) mass is 435 g/mol. The van der Waals surface area contributed by atoms with Crippen LogP contribution in [-0.2, 0) is 11.4 Å². The Hall–Kier alpha value is -3.28. The van der Waals surface area contributed by atoms with Crippen LogP contribution >= 0.6 is 23.2 Å². The third kappa shape index (κ3) is 3.54. The van der Waals surface area contributed by atoms with Crippen molar-refractivity contribution in [1.82, 2.24) is 9.38 Å². The second kappa shape index (κ2) is 7.86. The average molecular weight is 436 g/mol. The molecule has 0 radical (unpaired) electrons. The highest BCUT2D eigenvalue weighted by atomic mass is 35.5. The average Bonchev–Trinajstić information content (AvgIpc) is 3.35. The van der Waals surface area contributed by atoms with Crippen LogP contribution in [0.25, 0.3) is 27.9 Å². The summed E-state index contributed by atoms with van der Waals surface area (Å²) < 4.78 is 7.30. The summed E-state index contributed by atoms with van der Waals surface area (Å²) in [6.07, 6.45) is 5.02. The predicted octanol–water partition coefficient (Wildman–Crippen LogP) is 6.61. The molecule has 7 heteroatoms. The van der Waals surface area contributed by atoms with E-state index in [0.717, 1.165) is 27.9 Å². The Labute approximate surface area is 182 Å². The molecule has 0 fully saturated rings. The van der Waals surface area contributed by atoms with Gasteiger partial charge >= 0.3 is 5.84 Å². The van der Waals surface area contributed by atoms with Crippen molar-refractivity contribution in [2.75, 3.05) is 0 Å². The Morgan fingerprint density at radius 1 is 1.00 bits per heavy atom. The Balaban J connectivity index is 1.45. The highest BCUT2D eigenvalue weighted by molar-refractivity contribution is 6.42. The summed E-state index contributed by atoms with van der Waals surface area (Å²) in [6, 6.07) is 19.8. The first-order valence-corrected chi connectivity index (χ1v) is 9.98. The van der Waals surface area contributed by atoms with Gasteiger partial charge in [-0.1, -0.05) is 70.8 Å². The van der Waals surface area contributed by atoms with Gasteiger partial charge in [-0.2, -0.15) is 4.98 Å². The first-order valence-electron chi connectivity index (χ1n) is 9.23. The number of benzene rings is 3. The van der Waals surface area contributed by atoms with Crippen molar-refractivity contribution < 1.29 is 9.25 Å². The normalized spacial score (nSPS) is 11.7. The summed E-state index contributed by atoms with van der Waals surface area (Å²) in [5, 5.41) is 7.43. The molecule has 0 atom stereocenters. The number of hydrogen-bond donors (Lipinski definition) is 0. The molecular weight excluding hydrogens is 421 g/mol. The molecule has 30 heavy (non-hydrogen) atoms. The fraction of sp³-hybridized carbons (Fsp3) is 0.0435. The topological polar surface area (TPSA) is 52.0 Å². The second-order valence-electron chi connectivity index (χ2n) is 6.72. The Kier molecular flexibility index (Phi) is 4.91. The Morgan fingerprint density at radius 2 is 1.87 bits per heavy atom. The first-order chi connectivity index (χ1) is 14.7. The van der Waals surface area contributed by atoms with Crippen LogP contribution in [-0.4, -0.2) is 15.6 Å². The molecular formula is C23H15Cl2N3O2. The van der Waals surface area contributed by atoms with Crippen molar-refractivity contribution in [2.45, 2.75) is 6.61 Å². The van der Waals surface area contributed by atoms with E-state index in [1.165, 1.54) is 5.39 Å². The zero-order valence-electron chi connectivity index (χ0n) is 15.6. The van der Waals surface area contributed by atoms with Crippen LogP contribution in [0.5, 0.6) is 0 Å². The lowest BCUT2D eigenvalue weighted by Gasteiger charge is -2.04. The molecule has 0 aliphatic carbocycles. The molecule has 2 aromatic heterocycles. The van der Waals surface area contributed by atoms with Crippen molar-refractivity contribution in [3.05, 3.63) is 94.4 Å². The highest BCUT2D eigenvalue weighted by Crippen LogP contribution is 2.27. The molecule has 0 spiro atoms. The van der Waals surface area contributed by atoms with Crippen LogP contribution in [0.15, 0.2) is 82.7 Å². The molecule has 3 aromatic carbocycles. The van der Waals surface area contributed by atoms with E-state index in [2.05, 4.69) is 34.4 Å². The summed E-state index contributed by atoms with van der Waals surface area (Å²) >= 11 is 12.0. The molecule has 0 unspecified atom stereocenters. The minimum absolute atomic E-state index is 0.270. The number of nitrogens with zero attached hydrogens (tertiary/aromatic N) is 3. The van der Waals surface area contributed by atoms with Crippen molar-refractivity contribution in [3.63, 3.8) is 0 Å². The number of oxime groups is 1. The maximum Gasteiger partial charge on any atom is 0.306 e. The Morgan fingerprint density at radius 3 is 2.73 bits per heavy atom. The number of aromatic nitrogens is 2. The number of halogens is 2. The van der Waals surface area contributed by atoms with E-state index in [9.17, 15) is 0 Å². The van der Waals surface area contributed by atoms with E-state index in [0.29, 0.717) is 15.9 Å². The first kappa shape index (κ1) is 18.7. The van der Waals surface area contributed by atoms with E-state index in [4.69, 9.17) is 32.5 Å². The van der Waals surface area contributed by atoms with Crippen LogP contribution < -0.4 is 0 Å². The fourth-order valence-electron chi connectivity index (χ4n) is 3.30. The molecule has 0 aliphatic heterocycles. The van der Waals surface area contributed by atoms with Gasteiger partial charge in [0.2, 0.25) is 0 Å². The summed E-state index contributed by atoms with van der Waals surface area (Å²) in [6.45, 7) is 0.270. The van der Waals surface area contributed by atoms with Crippen LogP contribution in [0.3, 0.4) is 0 Å². The highest BCUT2D eigenvalue weighted by Gasteiger charge is 2.15. The fourth-order valence-corrected chi connectivity index (χ4v) is 3.62. The standard InChI is InChI=1S/C23H15Cl2N3O2/c24-19-8-5-15(11-20(19)25)14-30-26-13-21-22(27-23-28(21)9-10-29-23)18-7-6-16-3-1-2-4-17(16)12-18/h1-13H,14H2/b26-13+. The van der Waals surface area contributed by atoms with Crippen molar-refractivity contribution in [2.24, 2.45) is 5.16 Å². The molecule has 0 N–H and O–H groups in total. The van der Waals surface area contributed by atoms with E-state index in [-0.39, 0.29) is 6.61 Å². The van der Waals surface area contributed by atoms with Gasteiger partial charge in [0.1, 0.15) is 18.6 Å². The number of rotatable bonds is 5. The summed E-state index contributed by atoms with van der Waals surface area (Å²) in [4.78, 5) is 10.1. The second-order valence-corrected chi connectivity index (χ2v) is 7.53. The molecule has 5 aromatic rings. The molecule has 0 saturated carbocycles. The van der Waals surface area contributed by atoms with E-state index in [1.807, 2.05) is 28.7 Å². The van der Waals surface area contributed by atoms with E-state index in [1.54, 1.807) is 30.8 Å². The van der Waals surface area contributed by atoms with Crippen molar-refractivity contribution in [1.29, 1.82) is 0 Å². The van der Waals surface area contributed by atoms with Crippen molar-refractivity contribution in [3.8, 4) is 11.3 Å². The largest absolute Gasteiger partial charge is 0.432 e. The molecule has 5 nitrogen and oxygen atoms in total. The minimum Gasteiger partial charge on any atom is -0.432 e. The van der Waals surface area contributed by atoms with Gasteiger partial charge in [-0.05, 0) is 34.5 Å². The lowest BCUT2D eigenvalue weighted by molar-refractivity contribution is 0.132. The number of imidazole rings is 1. The summed E-state index contributed by atoms with van der Waals surface area (Å²) in [5.74, 6) is 0.490. The van der Waals surface area contributed by atoms with Crippen LogP contribution in [0.1, 0.15) is 11.3 Å². The number of oxazole rings is 1. The number of hydrogen-bond acceptors (Lipinski definition) is 4. The van der Waals surface area contributed by atoms with Crippen molar-refractivity contribution >= 4 is 46.0 Å². The molecule has 0 aliphatic rings. The maximum atomic E-state index is 6.04. The lowest BCUT2D eigenvalue weighted by atomic mass is 10.0.